The third kappa shape index (κ3) is 2.82. The second-order valence-electron chi connectivity index (χ2n) is 4.63. The van der Waals surface area contributed by atoms with Gasteiger partial charge in [0.15, 0.2) is 0 Å². The highest BCUT2D eigenvalue weighted by molar-refractivity contribution is 5.91. The number of carbonyl (C=O) groups is 1. The molecule has 1 N–H and O–H groups in total. The minimum absolute atomic E-state index is 0.115. The van der Waals surface area contributed by atoms with Gasteiger partial charge in [-0.2, -0.15) is 0 Å². The molecule has 1 aliphatic heterocycles. The lowest BCUT2D eigenvalue weighted by molar-refractivity contribution is 0.0957. The van der Waals surface area contributed by atoms with Crippen LogP contribution in [-0.2, 0) is 0 Å². The van der Waals surface area contributed by atoms with Gasteiger partial charge in [0.1, 0.15) is 5.69 Å². The first-order valence-corrected chi connectivity index (χ1v) is 6.08. The Bertz CT molecular complexity index is 405. The van der Waals surface area contributed by atoms with Gasteiger partial charge in [0, 0.05) is 25.2 Å². The maximum atomic E-state index is 11.5. The van der Waals surface area contributed by atoms with Crippen molar-refractivity contribution < 1.29 is 4.79 Å². The van der Waals surface area contributed by atoms with Crippen molar-refractivity contribution >= 4 is 5.91 Å². The lowest BCUT2D eigenvalue weighted by Gasteiger charge is -2.29. The van der Waals surface area contributed by atoms with Crippen molar-refractivity contribution in [3.05, 3.63) is 29.6 Å². The van der Waals surface area contributed by atoms with E-state index >= 15 is 0 Å². The fourth-order valence-corrected chi connectivity index (χ4v) is 2.34. The van der Waals surface area contributed by atoms with Gasteiger partial charge in [-0.15, -0.1) is 0 Å². The Kier molecular flexibility index (Phi) is 3.74. The number of hydrogen-bond acceptors (Lipinski definition) is 3. The fourth-order valence-electron chi connectivity index (χ4n) is 2.34. The third-order valence-corrected chi connectivity index (χ3v) is 3.27. The van der Waals surface area contributed by atoms with Crippen LogP contribution < -0.4 is 5.32 Å². The lowest BCUT2D eigenvalue weighted by Crippen LogP contribution is -2.31. The average Bonchev–Trinajstić information content (AvgIpc) is 2.38. The summed E-state index contributed by atoms with van der Waals surface area (Å²) in [7, 11) is 3.76. The van der Waals surface area contributed by atoms with Crippen LogP contribution in [0, 0.1) is 0 Å². The summed E-state index contributed by atoms with van der Waals surface area (Å²) in [5, 5.41) is 2.61. The van der Waals surface area contributed by atoms with E-state index in [4.69, 9.17) is 0 Å². The largest absolute Gasteiger partial charge is 0.354 e. The van der Waals surface area contributed by atoms with E-state index in [1.807, 2.05) is 12.1 Å². The number of aromatic nitrogens is 1. The van der Waals surface area contributed by atoms with Crippen LogP contribution in [0.2, 0.25) is 0 Å². The zero-order chi connectivity index (χ0) is 12.3. The molecule has 1 aromatic rings. The first kappa shape index (κ1) is 12.0. The van der Waals surface area contributed by atoms with Gasteiger partial charge in [-0.05, 0) is 38.6 Å². The topological polar surface area (TPSA) is 45.2 Å². The Balaban J connectivity index is 2.17. The van der Waals surface area contributed by atoms with Gasteiger partial charge >= 0.3 is 0 Å². The van der Waals surface area contributed by atoms with E-state index in [0.717, 1.165) is 25.2 Å². The number of nitrogens with one attached hydrogen (secondary N) is 1. The van der Waals surface area contributed by atoms with Gasteiger partial charge in [-0.3, -0.25) is 4.79 Å². The monoisotopic (exact) mass is 233 g/mol. The third-order valence-electron chi connectivity index (χ3n) is 3.27. The Morgan fingerprint density at radius 1 is 1.53 bits per heavy atom. The predicted molar refractivity (Wildman–Crippen MR) is 67.1 cm³/mol. The molecule has 1 fully saturated rings. The van der Waals surface area contributed by atoms with Gasteiger partial charge in [0.25, 0.3) is 5.91 Å². The summed E-state index contributed by atoms with van der Waals surface area (Å²) in [6.07, 6.45) is 2.36. The second-order valence-corrected chi connectivity index (χ2v) is 4.63. The molecule has 92 valence electrons. The molecule has 4 nitrogen and oxygen atoms in total. The van der Waals surface area contributed by atoms with Crippen molar-refractivity contribution in [3.63, 3.8) is 0 Å². The quantitative estimate of drug-likeness (QED) is 0.836. The number of amides is 1. The highest BCUT2D eigenvalue weighted by Gasteiger charge is 2.20. The van der Waals surface area contributed by atoms with Crippen LogP contribution in [-0.4, -0.2) is 43.0 Å². The molecule has 1 atom stereocenters. The van der Waals surface area contributed by atoms with Crippen LogP contribution >= 0.6 is 0 Å². The molecule has 4 heteroatoms. The van der Waals surface area contributed by atoms with Crippen LogP contribution in [0.1, 0.15) is 34.9 Å². The first-order chi connectivity index (χ1) is 8.20. The Morgan fingerprint density at radius 3 is 3.06 bits per heavy atom. The molecular weight excluding hydrogens is 214 g/mol. The Labute approximate surface area is 102 Å². The average molecular weight is 233 g/mol. The molecule has 2 heterocycles. The Morgan fingerprint density at radius 2 is 2.35 bits per heavy atom. The maximum absolute atomic E-state index is 11.5. The maximum Gasteiger partial charge on any atom is 0.269 e. The van der Waals surface area contributed by atoms with Crippen molar-refractivity contribution in [2.24, 2.45) is 0 Å². The summed E-state index contributed by atoms with van der Waals surface area (Å²) >= 11 is 0. The summed E-state index contributed by atoms with van der Waals surface area (Å²) in [4.78, 5) is 18.3. The summed E-state index contributed by atoms with van der Waals surface area (Å²) < 4.78 is 0. The molecule has 0 radical (unpaired) electrons. The smallest absolute Gasteiger partial charge is 0.269 e. The van der Waals surface area contributed by atoms with Crippen LogP contribution in [0.4, 0.5) is 0 Å². The molecule has 0 spiro atoms. The van der Waals surface area contributed by atoms with Gasteiger partial charge in [-0.1, -0.05) is 6.07 Å². The molecule has 1 aromatic heterocycles. The number of likely N-dealkylation sites (tertiary alicyclic amines) is 1. The molecule has 1 amide bonds. The zero-order valence-corrected chi connectivity index (χ0v) is 10.4. The molecule has 1 saturated heterocycles. The fraction of sp³-hybridized carbons (Fsp3) is 0.538. The predicted octanol–water partition coefficient (Wildman–Crippen LogP) is 1.25. The summed E-state index contributed by atoms with van der Waals surface area (Å²) in [5.74, 6) is 0.342. The van der Waals surface area contributed by atoms with Crippen molar-refractivity contribution in [1.29, 1.82) is 0 Å². The van der Waals surface area contributed by atoms with Crippen molar-refractivity contribution in [2.45, 2.75) is 18.8 Å². The number of carbonyl (C=O) groups excluding carboxylic acids is 1. The second kappa shape index (κ2) is 5.27. The van der Waals surface area contributed by atoms with Crippen LogP contribution in [0.25, 0.3) is 0 Å². The minimum atomic E-state index is -0.115. The molecule has 17 heavy (non-hydrogen) atoms. The lowest BCUT2D eigenvalue weighted by atomic mass is 9.94. The van der Waals surface area contributed by atoms with Crippen molar-refractivity contribution in [2.75, 3.05) is 27.2 Å². The van der Waals surface area contributed by atoms with Crippen LogP contribution in [0.15, 0.2) is 18.2 Å². The molecule has 0 saturated carbocycles. The molecule has 0 bridgehead atoms. The normalized spacial score (nSPS) is 21.2. The molecular formula is C13H19N3O. The summed E-state index contributed by atoms with van der Waals surface area (Å²) in [6.45, 7) is 2.19. The summed E-state index contributed by atoms with van der Waals surface area (Å²) in [6, 6.07) is 5.70. The van der Waals surface area contributed by atoms with E-state index in [1.54, 1.807) is 13.1 Å². The SMILES string of the molecule is CNC(=O)c1cccc(C2CCCN(C)C2)n1. The zero-order valence-electron chi connectivity index (χ0n) is 10.4. The van der Waals surface area contributed by atoms with E-state index in [2.05, 4.69) is 22.2 Å². The first-order valence-electron chi connectivity index (χ1n) is 6.08. The van der Waals surface area contributed by atoms with E-state index in [-0.39, 0.29) is 5.91 Å². The number of hydrogen-bond donors (Lipinski definition) is 1. The highest BCUT2D eigenvalue weighted by Crippen LogP contribution is 2.24. The summed E-state index contributed by atoms with van der Waals surface area (Å²) in [5.41, 5.74) is 1.55. The van der Waals surface area contributed by atoms with Gasteiger partial charge < -0.3 is 10.2 Å². The van der Waals surface area contributed by atoms with E-state index in [1.165, 1.54) is 6.42 Å². The number of rotatable bonds is 2. The molecule has 0 aliphatic carbocycles. The molecule has 0 aromatic carbocycles. The number of piperidine rings is 1. The van der Waals surface area contributed by atoms with E-state index in [9.17, 15) is 4.79 Å². The van der Waals surface area contributed by atoms with Gasteiger partial charge in [0.05, 0.1) is 0 Å². The van der Waals surface area contributed by atoms with E-state index < -0.39 is 0 Å². The van der Waals surface area contributed by atoms with Crippen LogP contribution in [0.3, 0.4) is 0 Å². The Hall–Kier alpha value is -1.42. The standard InChI is InChI=1S/C13H19N3O/c1-14-13(17)12-7-3-6-11(15-12)10-5-4-8-16(2)9-10/h3,6-7,10H,4-5,8-9H2,1-2H3,(H,14,17). The van der Waals surface area contributed by atoms with Crippen molar-refractivity contribution in [3.8, 4) is 0 Å². The van der Waals surface area contributed by atoms with E-state index in [0.29, 0.717) is 11.6 Å². The number of likely N-dealkylation sites (N-methyl/N-ethyl adjacent to an activating group) is 1. The van der Waals surface area contributed by atoms with Crippen LogP contribution in [0.5, 0.6) is 0 Å². The molecule has 1 unspecified atom stereocenters. The molecule has 2 rings (SSSR count). The minimum Gasteiger partial charge on any atom is -0.354 e. The van der Waals surface area contributed by atoms with Gasteiger partial charge in [-0.25, -0.2) is 4.98 Å². The van der Waals surface area contributed by atoms with Crippen molar-refractivity contribution in [1.82, 2.24) is 15.2 Å². The number of pyridine rings is 1. The number of nitrogens with zero attached hydrogens (tertiary/aromatic N) is 2. The highest BCUT2D eigenvalue weighted by atomic mass is 16.1. The molecule has 1 aliphatic rings. The van der Waals surface area contributed by atoms with Gasteiger partial charge in [0.2, 0.25) is 0 Å².